The second kappa shape index (κ2) is 3.75. The summed E-state index contributed by atoms with van der Waals surface area (Å²) in [5.41, 5.74) is 0. The van der Waals surface area contributed by atoms with Crippen molar-refractivity contribution in [2.45, 2.75) is 64.2 Å². The predicted octanol–water partition coefficient (Wildman–Crippen LogP) is 4.64. The van der Waals surface area contributed by atoms with Gasteiger partial charge in [-0.1, -0.05) is 38.5 Å². The number of rotatable bonds is 0. The molecular weight excluding hydrogens is 192 g/mol. The maximum absolute atomic E-state index is 1.61. The molecule has 0 bridgehead atoms. The van der Waals surface area contributed by atoms with Crippen molar-refractivity contribution in [3.05, 3.63) is 0 Å². The molecule has 4 rings (SSSR count). The van der Waals surface area contributed by atoms with Gasteiger partial charge in [0, 0.05) is 0 Å². The molecule has 0 radical (unpaired) electrons. The average molecular weight is 218 g/mol. The van der Waals surface area contributed by atoms with E-state index in [4.69, 9.17) is 0 Å². The fourth-order valence-electron chi connectivity index (χ4n) is 6.41. The maximum atomic E-state index is 1.61. The Morgan fingerprint density at radius 1 is 0.438 bits per heavy atom. The largest absolute Gasteiger partial charge is 0.0530 e. The average Bonchev–Trinajstić information content (AvgIpc) is 2.68. The highest BCUT2D eigenvalue weighted by Gasteiger charge is 2.54. The molecule has 2 unspecified atom stereocenters. The fraction of sp³-hybridized carbons (Fsp3) is 1.00. The molecular formula is C16H26. The lowest BCUT2D eigenvalue weighted by molar-refractivity contribution is 0.0817. The Labute approximate surface area is 100 Å². The summed E-state index contributed by atoms with van der Waals surface area (Å²) in [6, 6.07) is 0. The van der Waals surface area contributed by atoms with Crippen LogP contribution >= 0.6 is 0 Å². The molecule has 4 saturated carbocycles. The van der Waals surface area contributed by atoms with E-state index in [-0.39, 0.29) is 0 Å². The molecule has 4 aliphatic carbocycles. The molecule has 0 amide bonds. The van der Waals surface area contributed by atoms with Crippen LogP contribution in [0.5, 0.6) is 0 Å². The molecule has 0 aromatic rings. The van der Waals surface area contributed by atoms with Gasteiger partial charge in [0.1, 0.15) is 0 Å². The Hall–Kier alpha value is 0. The van der Waals surface area contributed by atoms with E-state index in [1.54, 1.807) is 64.2 Å². The van der Waals surface area contributed by atoms with Crippen LogP contribution in [-0.4, -0.2) is 0 Å². The minimum atomic E-state index is 1.17. The molecule has 4 fully saturated rings. The van der Waals surface area contributed by atoms with E-state index in [0.717, 1.165) is 0 Å². The molecule has 6 atom stereocenters. The second-order valence-electron chi connectivity index (χ2n) is 7.14. The summed E-state index contributed by atoms with van der Waals surface area (Å²) in [5, 5.41) is 0. The minimum Gasteiger partial charge on any atom is -0.0530 e. The number of fused-ring (bicyclic) bond motifs is 3. The van der Waals surface area contributed by atoms with Crippen LogP contribution in [0.15, 0.2) is 0 Å². The van der Waals surface area contributed by atoms with Crippen LogP contribution in [0, 0.1) is 35.5 Å². The molecule has 0 heteroatoms. The van der Waals surface area contributed by atoms with Gasteiger partial charge in [0.05, 0.1) is 0 Å². The standard InChI is InChI=1S/C16H26/c1-2-8-13-12(7-1)14-9-3-5-11-6-4-10-15(13)16(11)14/h11-16H,1-10H2/t11?,12-,13+,14+,15-,16?. The zero-order valence-corrected chi connectivity index (χ0v) is 10.5. The number of hydrogen-bond acceptors (Lipinski definition) is 0. The lowest BCUT2D eigenvalue weighted by Crippen LogP contribution is -2.33. The first kappa shape index (κ1) is 9.97. The molecule has 0 saturated heterocycles. The minimum absolute atomic E-state index is 1.17. The van der Waals surface area contributed by atoms with Crippen molar-refractivity contribution in [3.8, 4) is 0 Å². The van der Waals surface area contributed by atoms with Crippen molar-refractivity contribution < 1.29 is 0 Å². The molecule has 90 valence electrons. The van der Waals surface area contributed by atoms with Crippen molar-refractivity contribution in [1.29, 1.82) is 0 Å². The smallest absolute Gasteiger partial charge is 0.0324 e. The van der Waals surface area contributed by atoms with Crippen LogP contribution in [0.1, 0.15) is 64.2 Å². The van der Waals surface area contributed by atoms with Crippen LogP contribution in [0.25, 0.3) is 0 Å². The van der Waals surface area contributed by atoms with E-state index >= 15 is 0 Å². The summed E-state index contributed by atoms with van der Waals surface area (Å²) >= 11 is 0. The normalized spacial score (nSPS) is 55.5. The first-order valence-electron chi connectivity index (χ1n) is 7.95. The van der Waals surface area contributed by atoms with E-state index in [1.807, 2.05) is 0 Å². The zero-order chi connectivity index (χ0) is 10.5. The third kappa shape index (κ3) is 1.28. The van der Waals surface area contributed by atoms with Crippen LogP contribution in [0.3, 0.4) is 0 Å². The van der Waals surface area contributed by atoms with Gasteiger partial charge in [-0.15, -0.1) is 0 Å². The SMILES string of the molecule is C1CC[C@H]2[C@@H](C1)[C@@H]1CCCC3CCC[C@H]2C31. The Morgan fingerprint density at radius 3 is 1.50 bits per heavy atom. The highest BCUT2D eigenvalue weighted by atomic mass is 14.6. The molecule has 0 aliphatic heterocycles. The van der Waals surface area contributed by atoms with Crippen molar-refractivity contribution in [2.24, 2.45) is 35.5 Å². The van der Waals surface area contributed by atoms with Gasteiger partial charge in [0.15, 0.2) is 0 Å². The molecule has 16 heavy (non-hydrogen) atoms. The third-order valence-corrected chi connectivity index (χ3v) is 6.73. The molecule has 0 aromatic carbocycles. The summed E-state index contributed by atoms with van der Waals surface area (Å²) in [6.45, 7) is 0. The topological polar surface area (TPSA) is 0 Å². The summed E-state index contributed by atoms with van der Waals surface area (Å²) in [4.78, 5) is 0. The third-order valence-electron chi connectivity index (χ3n) is 6.73. The van der Waals surface area contributed by atoms with Gasteiger partial charge >= 0.3 is 0 Å². The molecule has 0 spiro atoms. The van der Waals surface area contributed by atoms with Gasteiger partial charge in [-0.25, -0.2) is 0 Å². The van der Waals surface area contributed by atoms with Crippen molar-refractivity contribution in [3.63, 3.8) is 0 Å². The second-order valence-corrected chi connectivity index (χ2v) is 7.14. The van der Waals surface area contributed by atoms with Crippen LogP contribution in [0.4, 0.5) is 0 Å². The molecule has 0 nitrogen and oxygen atoms in total. The van der Waals surface area contributed by atoms with E-state index in [9.17, 15) is 0 Å². The molecule has 0 aromatic heterocycles. The van der Waals surface area contributed by atoms with Crippen molar-refractivity contribution in [1.82, 2.24) is 0 Å². The lowest BCUT2D eigenvalue weighted by atomic mass is 9.64. The van der Waals surface area contributed by atoms with Crippen molar-refractivity contribution in [2.75, 3.05) is 0 Å². The zero-order valence-electron chi connectivity index (χ0n) is 10.5. The summed E-state index contributed by atoms with van der Waals surface area (Å²) < 4.78 is 0. The Bertz CT molecular complexity index is 243. The first-order valence-corrected chi connectivity index (χ1v) is 7.95. The maximum Gasteiger partial charge on any atom is -0.0324 e. The molecule has 4 aliphatic rings. The van der Waals surface area contributed by atoms with Gasteiger partial charge in [-0.2, -0.15) is 0 Å². The van der Waals surface area contributed by atoms with E-state index in [2.05, 4.69) is 0 Å². The Kier molecular flexibility index (Phi) is 2.34. The van der Waals surface area contributed by atoms with E-state index in [0.29, 0.717) is 0 Å². The molecule has 0 heterocycles. The number of hydrogen-bond donors (Lipinski definition) is 0. The van der Waals surface area contributed by atoms with Gasteiger partial charge in [0.25, 0.3) is 0 Å². The first-order chi connectivity index (χ1) is 7.95. The fourth-order valence-corrected chi connectivity index (χ4v) is 6.41. The highest BCUT2D eigenvalue weighted by molar-refractivity contribution is 5.03. The van der Waals surface area contributed by atoms with Crippen LogP contribution in [0.2, 0.25) is 0 Å². The van der Waals surface area contributed by atoms with Gasteiger partial charge < -0.3 is 0 Å². The van der Waals surface area contributed by atoms with Gasteiger partial charge in [0.2, 0.25) is 0 Å². The monoisotopic (exact) mass is 218 g/mol. The van der Waals surface area contributed by atoms with Gasteiger partial charge in [-0.3, -0.25) is 0 Å². The van der Waals surface area contributed by atoms with E-state index < -0.39 is 0 Å². The van der Waals surface area contributed by atoms with Gasteiger partial charge in [-0.05, 0) is 61.2 Å². The predicted molar refractivity (Wildman–Crippen MR) is 67.1 cm³/mol. The van der Waals surface area contributed by atoms with Crippen molar-refractivity contribution >= 4 is 0 Å². The highest BCUT2D eigenvalue weighted by Crippen LogP contribution is 2.62. The van der Waals surface area contributed by atoms with Crippen LogP contribution < -0.4 is 0 Å². The van der Waals surface area contributed by atoms with E-state index in [1.165, 1.54) is 35.5 Å². The summed E-state index contributed by atoms with van der Waals surface area (Å²) in [5.74, 6) is 7.12. The van der Waals surface area contributed by atoms with Crippen LogP contribution in [-0.2, 0) is 0 Å². The molecule has 0 N–H and O–H groups in total. The Balaban J connectivity index is 1.68. The summed E-state index contributed by atoms with van der Waals surface area (Å²) in [7, 11) is 0. The summed E-state index contributed by atoms with van der Waals surface area (Å²) in [6.07, 6.45) is 15.9. The lowest BCUT2D eigenvalue weighted by Gasteiger charge is -2.41. The Morgan fingerprint density at radius 2 is 0.938 bits per heavy atom. The quantitative estimate of drug-likeness (QED) is 0.555.